The molecule has 0 heterocycles. The number of halogens is 1. The summed E-state index contributed by atoms with van der Waals surface area (Å²) >= 11 is 0. The highest BCUT2D eigenvalue weighted by Gasteiger charge is 2.23. The molecule has 0 radical (unpaired) electrons. The van der Waals surface area contributed by atoms with Gasteiger partial charge in [-0.25, -0.2) is 17.5 Å². The lowest BCUT2D eigenvalue weighted by molar-refractivity contribution is 0.472. The highest BCUT2D eigenvalue weighted by Crippen LogP contribution is 2.25. The summed E-state index contributed by atoms with van der Waals surface area (Å²) in [7, 11) is -3.72. The molecule has 1 atom stereocenters. The van der Waals surface area contributed by atoms with Gasteiger partial charge in [-0.1, -0.05) is 44.2 Å². The van der Waals surface area contributed by atoms with Gasteiger partial charge in [0.1, 0.15) is 5.82 Å². The van der Waals surface area contributed by atoms with Crippen molar-refractivity contribution in [2.24, 2.45) is 5.92 Å². The number of hydrogen-bond donors (Lipinski definition) is 1. The molecule has 2 aromatic rings. The van der Waals surface area contributed by atoms with Crippen LogP contribution in [0.5, 0.6) is 0 Å². The Labute approximate surface area is 137 Å². The first-order chi connectivity index (χ1) is 10.8. The van der Waals surface area contributed by atoms with Gasteiger partial charge in [0.15, 0.2) is 0 Å². The molecule has 0 aromatic heterocycles. The third-order valence-electron chi connectivity index (χ3n) is 3.63. The number of nitrogens with one attached hydrogen (secondary N) is 1. The summed E-state index contributed by atoms with van der Waals surface area (Å²) in [6.07, 6.45) is 0.684. The molecule has 0 saturated carbocycles. The zero-order valence-electron chi connectivity index (χ0n) is 13.6. The van der Waals surface area contributed by atoms with Crippen LogP contribution in [0.2, 0.25) is 0 Å². The Kier molecular flexibility index (Phi) is 5.55. The van der Waals surface area contributed by atoms with E-state index in [-0.39, 0.29) is 10.9 Å². The summed E-state index contributed by atoms with van der Waals surface area (Å²) in [6, 6.07) is 12.9. The van der Waals surface area contributed by atoms with E-state index in [9.17, 15) is 12.8 Å². The Morgan fingerprint density at radius 1 is 1.09 bits per heavy atom. The molecule has 0 saturated heterocycles. The van der Waals surface area contributed by atoms with Crippen molar-refractivity contribution >= 4 is 10.0 Å². The molecule has 0 amide bonds. The maximum absolute atomic E-state index is 13.2. The van der Waals surface area contributed by atoms with Crippen LogP contribution in [-0.4, -0.2) is 8.42 Å². The summed E-state index contributed by atoms with van der Waals surface area (Å²) in [6.45, 7) is 5.69. The zero-order valence-corrected chi connectivity index (χ0v) is 14.4. The number of benzene rings is 2. The second-order valence-electron chi connectivity index (χ2n) is 6.12. The largest absolute Gasteiger partial charge is 0.241 e. The average Bonchev–Trinajstić information content (AvgIpc) is 2.46. The summed E-state index contributed by atoms with van der Waals surface area (Å²) < 4.78 is 41.4. The summed E-state index contributed by atoms with van der Waals surface area (Å²) in [5.41, 5.74) is 1.32. The molecular formula is C18H22FNO2S. The van der Waals surface area contributed by atoms with Crippen molar-refractivity contribution in [2.45, 2.75) is 38.1 Å². The second-order valence-corrected chi connectivity index (χ2v) is 7.81. The number of rotatable bonds is 6. The monoisotopic (exact) mass is 335 g/mol. The van der Waals surface area contributed by atoms with E-state index in [4.69, 9.17) is 0 Å². The number of aryl methyl sites for hydroxylation is 1. The first-order valence-corrected chi connectivity index (χ1v) is 9.11. The normalized spacial score (nSPS) is 13.3. The van der Waals surface area contributed by atoms with Crippen LogP contribution < -0.4 is 4.72 Å². The Balaban J connectivity index is 2.34. The molecule has 3 nitrogen and oxygen atoms in total. The number of sulfonamides is 1. The first-order valence-electron chi connectivity index (χ1n) is 7.63. The molecule has 23 heavy (non-hydrogen) atoms. The third-order valence-corrected chi connectivity index (χ3v) is 5.26. The van der Waals surface area contributed by atoms with Crippen molar-refractivity contribution in [1.82, 2.24) is 4.72 Å². The quantitative estimate of drug-likeness (QED) is 0.860. The van der Waals surface area contributed by atoms with Gasteiger partial charge < -0.3 is 0 Å². The van der Waals surface area contributed by atoms with E-state index in [0.717, 1.165) is 5.56 Å². The third kappa shape index (κ3) is 4.62. The van der Waals surface area contributed by atoms with Crippen molar-refractivity contribution in [3.8, 4) is 0 Å². The van der Waals surface area contributed by atoms with Crippen LogP contribution in [0.3, 0.4) is 0 Å². The van der Waals surface area contributed by atoms with Gasteiger partial charge in [0.2, 0.25) is 10.0 Å². The summed E-state index contributed by atoms with van der Waals surface area (Å²) in [5, 5.41) is 0. The molecule has 0 fully saturated rings. The van der Waals surface area contributed by atoms with E-state index in [0.29, 0.717) is 17.9 Å². The predicted octanol–water partition coefficient (Wildman–Crippen LogP) is 4.20. The minimum absolute atomic E-state index is 0.114. The van der Waals surface area contributed by atoms with Crippen LogP contribution in [0.4, 0.5) is 4.39 Å². The van der Waals surface area contributed by atoms with E-state index in [2.05, 4.69) is 4.72 Å². The average molecular weight is 335 g/mol. The van der Waals surface area contributed by atoms with Crippen LogP contribution in [0.25, 0.3) is 0 Å². The molecule has 0 aliphatic heterocycles. The highest BCUT2D eigenvalue weighted by atomic mass is 32.2. The molecule has 1 N–H and O–H groups in total. The second kappa shape index (κ2) is 7.23. The molecule has 5 heteroatoms. The van der Waals surface area contributed by atoms with Crippen LogP contribution >= 0.6 is 0 Å². The Morgan fingerprint density at radius 2 is 1.74 bits per heavy atom. The van der Waals surface area contributed by atoms with E-state index in [1.54, 1.807) is 6.92 Å². The molecule has 2 aromatic carbocycles. The van der Waals surface area contributed by atoms with E-state index < -0.39 is 15.8 Å². The Bertz CT molecular complexity index is 758. The number of hydrogen-bond acceptors (Lipinski definition) is 2. The van der Waals surface area contributed by atoms with Gasteiger partial charge in [0.25, 0.3) is 0 Å². The molecule has 2 rings (SSSR count). The first kappa shape index (κ1) is 17.6. The molecular weight excluding hydrogens is 313 g/mol. The van der Waals surface area contributed by atoms with Crippen LogP contribution in [0.15, 0.2) is 53.4 Å². The molecule has 0 bridgehead atoms. The lowest BCUT2D eigenvalue weighted by Crippen LogP contribution is -2.30. The van der Waals surface area contributed by atoms with Gasteiger partial charge in [-0.2, -0.15) is 0 Å². The van der Waals surface area contributed by atoms with Crippen molar-refractivity contribution in [3.05, 3.63) is 65.5 Å². The smallest absolute Gasteiger partial charge is 0.207 e. The molecule has 124 valence electrons. The molecule has 1 unspecified atom stereocenters. The van der Waals surface area contributed by atoms with E-state index in [1.165, 1.54) is 18.2 Å². The maximum atomic E-state index is 13.2. The van der Waals surface area contributed by atoms with Gasteiger partial charge in [-0.3, -0.25) is 0 Å². The van der Waals surface area contributed by atoms with Crippen LogP contribution in [0.1, 0.15) is 37.4 Å². The maximum Gasteiger partial charge on any atom is 0.241 e. The molecule has 0 aliphatic carbocycles. The standard InChI is InChI=1S/C18H22FNO2S/c1-13(2)11-17(15-7-5-4-6-8-15)20-23(21,22)18-10-9-16(19)12-14(18)3/h4-10,12-13,17,20H,11H2,1-3H3. The van der Waals surface area contributed by atoms with Crippen molar-refractivity contribution < 1.29 is 12.8 Å². The van der Waals surface area contributed by atoms with Crippen molar-refractivity contribution in [1.29, 1.82) is 0 Å². The van der Waals surface area contributed by atoms with Crippen molar-refractivity contribution in [3.63, 3.8) is 0 Å². The lowest BCUT2D eigenvalue weighted by atomic mass is 9.98. The van der Waals surface area contributed by atoms with Gasteiger partial charge in [-0.15, -0.1) is 0 Å². The van der Waals surface area contributed by atoms with Crippen molar-refractivity contribution in [2.75, 3.05) is 0 Å². The minimum atomic E-state index is -3.72. The fraction of sp³-hybridized carbons (Fsp3) is 0.333. The molecule has 0 spiro atoms. The van der Waals surface area contributed by atoms with Gasteiger partial charge in [0.05, 0.1) is 4.90 Å². The van der Waals surface area contributed by atoms with E-state index in [1.807, 2.05) is 44.2 Å². The van der Waals surface area contributed by atoms with Crippen LogP contribution in [-0.2, 0) is 10.0 Å². The van der Waals surface area contributed by atoms with Gasteiger partial charge in [0, 0.05) is 6.04 Å². The fourth-order valence-electron chi connectivity index (χ4n) is 2.57. The lowest BCUT2D eigenvalue weighted by Gasteiger charge is -2.21. The van der Waals surface area contributed by atoms with Crippen LogP contribution in [0, 0.1) is 18.7 Å². The Morgan fingerprint density at radius 3 is 2.30 bits per heavy atom. The minimum Gasteiger partial charge on any atom is -0.207 e. The van der Waals surface area contributed by atoms with E-state index >= 15 is 0 Å². The highest BCUT2D eigenvalue weighted by molar-refractivity contribution is 7.89. The topological polar surface area (TPSA) is 46.2 Å². The Hall–Kier alpha value is -1.72. The van der Waals surface area contributed by atoms with Gasteiger partial charge in [-0.05, 0) is 48.6 Å². The summed E-state index contributed by atoms with van der Waals surface area (Å²) in [5.74, 6) is -0.111. The SMILES string of the molecule is Cc1cc(F)ccc1S(=O)(=O)NC(CC(C)C)c1ccccc1. The zero-order chi connectivity index (χ0) is 17.0. The fourth-order valence-corrected chi connectivity index (χ4v) is 4.04. The van der Waals surface area contributed by atoms with Gasteiger partial charge >= 0.3 is 0 Å². The predicted molar refractivity (Wildman–Crippen MR) is 90.1 cm³/mol. The summed E-state index contributed by atoms with van der Waals surface area (Å²) in [4.78, 5) is 0.114. The molecule has 0 aliphatic rings.